The Labute approximate surface area is 99.9 Å². The Morgan fingerprint density at radius 1 is 1.24 bits per heavy atom. The lowest BCUT2D eigenvalue weighted by atomic mass is 10.2. The van der Waals surface area contributed by atoms with E-state index in [9.17, 15) is 5.11 Å². The van der Waals surface area contributed by atoms with Crippen molar-refractivity contribution < 1.29 is 9.84 Å². The molecule has 0 spiro atoms. The van der Waals surface area contributed by atoms with E-state index in [1.807, 2.05) is 19.1 Å². The van der Waals surface area contributed by atoms with Crippen LogP contribution in [0.5, 0.6) is 11.6 Å². The maximum Gasteiger partial charge on any atom is 0.225 e. The molecule has 0 amide bonds. The average Bonchev–Trinajstić information content (AvgIpc) is 2.32. The minimum Gasteiger partial charge on any atom is -0.437 e. The molecule has 0 unspecified atom stereocenters. The Hall–Kier alpha value is -1.94. The van der Waals surface area contributed by atoms with Gasteiger partial charge in [0, 0.05) is 17.5 Å². The molecule has 2 aromatic rings. The molecule has 0 aliphatic heterocycles. The molecular weight excluding hydrogens is 216 g/mol. The van der Waals surface area contributed by atoms with E-state index in [1.54, 1.807) is 31.5 Å². The van der Waals surface area contributed by atoms with Crippen LogP contribution < -0.4 is 4.74 Å². The Kier molecular flexibility index (Phi) is 3.35. The summed E-state index contributed by atoms with van der Waals surface area (Å²) in [4.78, 5) is 8.24. The molecule has 1 N–H and O–H groups in total. The van der Waals surface area contributed by atoms with Gasteiger partial charge in [0.25, 0.3) is 0 Å². The van der Waals surface area contributed by atoms with Gasteiger partial charge in [-0.3, -0.25) is 4.98 Å². The Balaban J connectivity index is 2.26. The van der Waals surface area contributed by atoms with Gasteiger partial charge in [0.2, 0.25) is 5.88 Å². The number of nitrogens with zero attached hydrogens (tertiary/aromatic N) is 2. The zero-order valence-corrected chi connectivity index (χ0v) is 9.79. The summed E-state index contributed by atoms with van der Waals surface area (Å²) in [5, 5.41) is 9.59. The minimum absolute atomic E-state index is 0.410. The normalized spacial score (nSPS) is 12.2. The van der Waals surface area contributed by atoms with Gasteiger partial charge in [0.15, 0.2) is 0 Å². The number of aromatic nitrogens is 2. The molecule has 1 atom stereocenters. The van der Waals surface area contributed by atoms with Crippen LogP contribution in [0.3, 0.4) is 0 Å². The lowest BCUT2D eigenvalue weighted by Gasteiger charge is -2.11. The first-order valence-electron chi connectivity index (χ1n) is 5.40. The van der Waals surface area contributed by atoms with E-state index in [4.69, 9.17) is 4.74 Å². The van der Waals surface area contributed by atoms with Gasteiger partial charge < -0.3 is 9.84 Å². The van der Waals surface area contributed by atoms with E-state index in [1.165, 1.54) is 0 Å². The van der Waals surface area contributed by atoms with Crippen molar-refractivity contribution in [2.75, 3.05) is 0 Å². The molecule has 0 radical (unpaired) electrons. The third kappa shape index (κ3) is 2.79. The molecular formula is C13H14N2O2. The Morgan fingerprint density at radius 2 is 2.06 bits per heavy atom. The number of hydrogen-bond donors (Lipinski definition) is 1. The molecule has 0 bridgehead atoms. The first-order chi connectivity index (χ1) is 8.16. The van der Waals surface area contributed by atoms with Crippen molar-refractivity contribution in [1.82, 2.24) is 9.97 Å². The summed E-state index contributed by atoms with van der Waals surface area (Å²) in [5.74, 6) is 1.02. The van der Waals surface area contributed by atoms with E-state index in [0.717, 1.165) is 5.69 Å². The maximum absolute atomic E-state index is 9.59. The number of hydrogen-bond acceptors (Lipinski definition) is 4. The second kappa shape index (κ2) is 4.93. The summed E-state index contributed by atoms with van der Waals surface area (Å²) >= 11 is 0. The number of pyridine rings is 2. The predicted molar refractivity (Wildman–Crippen MR) is 63.9 cm³/mol. The van der Waals surface area contributed by atoms with Crippen LogP contribution in [0.25, 0.3) is 0 Å². The maximum atomic E-state index is 9.59. The van der Waals surface area contributed by atoms with Gasteiger partial charge in [-0.2, -0.15) is 0 Å². The van der Waals surface area contributed by atoms with E-state index in [2.05, 4.69) is 9.97 Å². The zero-order chi connectivity index (χ0) is 12.3. The molecule has 0 saturated heterocycles. The fourth-order valence-electron chi connectivity index (χ4n) is 1.43. The number of rotatable bonds is 3. The van der Waals surface area contributed by atoms with Crippen LogP contribution in [-0.4, -0.2) is 15.1 Å². The minimum atomic E-state index is -0.614. The lowest BCUT2D eigenvalue weighted by molar-refractivity contribution is 0.194. The highest BCUT2D eigenvalue weighted by Gasteiger charge is 2.10. The van der Waals surface area contributed by atoms with Gasteiger partial charge in [-0.15, -0.1) is 0 Å². The molecule has 2 aromatic heterocycles. The summed E-state index contributed by atoms with van der Waals surface area (Å²) in [5.41, 5.74) is 1.59. The molecule has 0 aliphatic rings. The summed E-state index contributed by atoms with van der Waals surface area (Å²) in [6.45, 7) is 3.59. The van der Waals surface area contributed by atoms with Crippen molar-refractivity contribution in [2.45, 2.75) is 20.0 Å². The molecule has 0 aliphatic carbocycles. The smallest absolute Gasteiger partial charge is 0.225 e. The number of aliphatic hydroxyl groups excluding tert-OH is 1. The molecule has 88 valence electrons. The van der Waals surface area contributed by atoms with Crippen LogP contribution in [-0.2, 0) is 0 Å². The highest BCUT2D eigenvalue weighted by atomic mass is 16.5. The Morgan fingerprint density at radius 3 is 2.71 bits per heavy atom. The predicted octanol–water partition coefficient (Wildman–Crippen LogP) is 2.63. The third-order valence-corrected chi connectivity index (χ3v) is 2.35. The summed E-state index contributed by atoms with van der Waals surface area (Å²) < 4.78 is 5.59. The van der Waals surface area contributed by atoms with Crippen LogP contribution in [0, 0.1) is 6.92 Å². The molecule has 17 heavy (non-hydrogen) atoms. The largest absolute Gasteiger partial charge is 0.437 e. The third-order valence-electron chi connectivity index (χ3n) is 2.35. The van der Waals surface area contributed by atoms with Crippen LogP contribution in [0.2, 0.25) is 0 Å². The second-order valence-electron chi connectivity index (χ2n) is 3.81. The lowest BCUT2D eigenvalue weighted by Crippen LogP contribution is -1.98. The topological polar surface area (TPSA) is 55.2 Å². The van der Waals surface area contributed by atoms with Gasteiger partial charge in [0.05, 0.1) is 12.3 Å². The fraction of sp³-hybridized carbons (Fsp3) is 0.231. The van der Waals surface area contributed by atoms with Crippen molar-refractivity contribution in [3.05, 3.63) is 47.9 Å². The molecule has 4 nitrogen and oxygen atoms in total. The van der Waals surface area contributed by atoms with Crippen LogP contribution in [0.1, 0.15) is 24.3 Å². The van der Waals surface area contributed by atoms with Crippen molar-refractivity contribution >= 4 is 0 Å². The average molecular weight is 230 g/mol. The SMILES string of the molecule is Cc1ccc(Oc2ncccc2[C@H](C)O)cn1. The summed E-state index contributed by atoms with van der Waals surface area (Å²) in [6.07, 6.45) is 2.65. The first-order valence-corrected chi connectivity index (χ1v) is 5.40. The van der Waals surface area contributed by atoms with Crippen LogP contribution in [0.15, 0.2) is 36.7 Å². The monoisotopic (exact) mass is 230 g/mol. The van der Waals surface area contributed by atoms with Crippen molar-refractivity contribution in [3.63, 3.8) is 0 Å². The quantitative estimate of drug-likeness (QED) is 0.880. The molecule has 4 heteroatoms. The van der Waals surface area contributed by atoms with E-state index < -0.39 is 6.10 Å². The standard InChI is InChI=1S/C13H14N2O2/c1-9-5-6-11(8-15-9)17-13-12(10(2)16)4-3-7-14-13/h3-8,10,16H,1-2H3/t10-/m0/s1. The Bertz CT molecular complexity index is 495. The van der Waals surface area contributed by atoms with Gasteiger partial charge in [-0.1, -0.05) is 0 Å². The van der Waals surface area contributed by atoms with E-state index >= 15 is 0 Å². The highest BCUT2D eigenvalue weighted by molar-refractivity contribution is 5.32. The molecule has 2 heterocycles. The van der Waals surface area contributed by atoms with Crippen LogP contribution >= 0.6 is 0 Å². The van der Waals surface area contributed by atoms with Crippen molar-refractivity contribution in [3.8, 4) is 11.6 Å². The van der Waals surface area contributed by atoms with E-state index in [-0.39, 0.29) is 0 Å². The second-order valence-corrected chi connectivity index (χ2v) is 3.81. The van der Waals surface area contributed by atoms with Gasteiger partial charge in [-0.05, 0) is 38.1 Å². The summed E-state index contributed by atoms with van der Waals surface area (Å²) in [7, 11) is 0. The van der Waals surface area contributed by atoms with Crippen molar-refractivity contribution in [2.24, 2.45) is 0 Å². The van der Waals surface area contributed by atoms with Gasteiger partial charge in [-0.25, -0.2) is 4.98 Å². The molecule has 0 saturated carbocycles. The number of ether oxygens (including phenoxy) is 1. The van der Waals surface area contributed by atoms with Gasteiger partial charge >= 0.3 is 0 Å². The highest BCUT2D eigenvalue weighted by Crippen LogP contribution is 2.26. The van der Waals surface area contributed by atoms with Gasteiger partial charge in [0.1, 0.15) is 5.75 Å². The van der Waals surface area contributed by atoms with E-state index in [0.29, 0.717) is 17.2 Å². The number of aryl methyl sites for hydroxylation is 1. The fourth-order valence-corrected chi connectivity index (χ4v) is 1.43. The molecule has 2 rings (SSSR count). The summed E-state index contributed by atoms with van der Waals surface area (Å²) in [6, 6.07) is 7.24. The van der Waals surface area contributed by atoms with Crippen molar-refractivity contribution in [1.29, 1.82) is 0 Å². The first kappa shape index (κ1) is 11.5. The molecule has 0 aromatic carbocycles. The molecule has 0 fully saturated rings. The zero-order valence-electron chi connectivity index (χ0n) is 9.79. The van der Waals surface area contributed by atoms with Crippen LogP contribution in [0.4, 0.5) is 0 Å². The number of aliphatic hydroxyl groups is 1.